The molecule has 0 spiro atoms. The normalized spacial score (nSPS) is 15.3. The second-order valence-corrected chi connectivity index (χ2v) is 10.5. The van der Waals surface area contributed by atoms with E-state index in [1.54, 1.807) is 11.0 Å². The van der Waals surface area contributed by atoms with Crippen molar-refractivity contribution in [3.8, 4) is 5.88 Å². The molecule has 3 rings (SSSR count). The molecule has 12 heteroatoms. The molecule has 1 aliphatic rings. The molecular weight excluding hydrogens is 436 g/mol. The quantitative estimate of drug-likeness (QED) is 0.675. The average Bonchev–Trinajstić information content (AvgIpc) is 2.70. The van der Waals surface area contributed by atoms with E-state index in [0.717, 1.165) is 6.26 Å². The SMILES string of the molecule is CC(C)(C)OC(=O)N1CCC(Oc2ncnc(Nc3ccc(S(C)(=O)=O)nc3)c2N)CC1. The Bertz CT molecular complexity index is 1060. The van der Waals surface area contributed by atoms with Gasteiger partial charge in [0.05, 0.1) is 11.9 Å². The number of likely N-dealkylation sites (tertiary alicyclic amines) is 1. The molecule has 11 nitrogen and oxygen atoms in total. The van der Waals surface area contributed by atoms with E-state index in [1.807, 2.05) is 20.8 Å². The molecule has 32 heavy (non-hydrogen) atoms. The zero-order valence-electron chi connectivity index (χ0n) is 18.5. The number of hydrogen-bond donors (Lipinski definition) is 2. The summed E-state index contributed by atoms with van der Waals surface area (Å²) in [5.74, 6) is 0.550. The van der Waals surface area contributed by atoms with Crippen LogP contribution in [-0.2, 0) is 14.6 Å². The van der Waals surface area contributed by atoms with Gasteiger partial charge in [-0.05, 0) is 32.9 Å². The Labute approximate surface area is 187 Å². The Balaban J connectivity index is 1.61. The number of nitrogens with zero attached hydrogens (tertiary/aromatic N) is 4. The molecule has 0 atom stereocenters. The van der Waals surface area contributed by atoms with Crippen LogP contribution in [0, 0.1) is 0 Å². The summed E-state index contributed by atoms with van der Waals surface area (Å²) in [5.41, 5.74) is 6.37. The fourth-order valence-electron chi connectivity index (χ4n) is 3.02. The third kappa shape index (κ3) is 6.19. The van der Waals surface area contributed by atoms with Crippen molar-refractivity contribution in [3.05, 3.63) is 24.7 Å². The van der Waals surface area contributed by atoms with Gasteiger partial charge >= 0.3 is 6.09 Å². The van der Waals surface area contributed by atoms with Gasteiger partial charge in [0.2, 0.25) is 5.88 Å². The number of carbonyl (C=O) groups is 1. The average molecular weight is 465 g/mol. The van der Waals surface area contributed by atoms with Gasteiger partial charge in [-0.1, -0.05) is 0 Å². The molecule has 2 aromatic rings. The molecule has 3 heterocycles. The fourth-order valence-corrected chi connectivity index (χ4v) is 3.58. The Morgan fingerprint density at radius 1 is 1.19 bits per heavy atom. The smallest absolute Gasteiger partial charge is 0.410 e. The summed E-state index contributed by atoms with van der Waals surface area (Å²) in [6, 6.07) is 2.96. The lowest BCUT2D eigenvalue weighted by molar-refractivity contribution is 0.0123. The van der Waals surface area contributed by atoms with Gasteiger partial charge in [0, 0.05) is 32.2 Å². The topological polar surface area (TPSA) is 150 Å². The molecule has 0 bridgehead atoms. The van der Waals surface area contributed by atoms with Gasteiger partial charge in [0.15, 0.2) is 20.7 Å². The number of rotatable bonds is 5. The molecule has 0 radical (unpaired) electrons. The van der Waals surface area contributed by atoms with Crippen molar-refractivity contribution >= 4 is 33.1 Å². The molecule has 1 saturated heterocycles. The Morgan fingerprint density at radius 2 is 1.88 bits per heavy atom. The van der Waals surface area contributed by atoms with Gasteiger partial charge in [-0.2, -0.15) is 4.98 Å². The van der Waals surface area contributed by atoms with Gasteiger partial charge in [0.25, 0.3) is 0 Å². The number of sulfone groups is 1. The van der Waals surface area contributed by atoms with Crippen LogP contribution in [0.25, 0.3) is 0 Å². The first-order valence-corrected chi connectivity index (χ1v) is 12.0. The summed E-state index contributed by atoms with van der Waals surface area (Å²) >= 11 is 0. The van der Waals surface area contributed by atoms with E-state index in [1.165, 1.54) is 18.6 Å². The largest absolute Gasteiger partial charge is 0.473 e. The van der Waals surface area contributed by atoms with Gasteiger partial charge in [-0.3, -0.25) is 0 Å². The van der Waals surface area contributed by atoms with Crippen LogP contribution in [0.2, 0.25) is 0 Å². The first-order chi connectivity index (χ1) is 14.9. The number of anilines is 3. The predicted molar refractivity (Wildman–Crippen MR) is 119 cm³/mol. The minimum atomic E-state index is -3.38. The highest BCUT2D eigenvalue weighted by molar-refractivity contribution is 7.90. The standard InChI is InChI=1S/C20H28N6O5S/c1-20(2,3)31-19(27)26-9-7-14(8-10-26)30-18-16(21)17(23-12-24-18)25-13-5-6-15(22-11-13)32(4,28)29/h5-6,11-12,14H,7-10,21H2,1-4H3,(H,23,24,25). The van der Waals surface area contributed by atoms with E-state index in [4.69, 9.17) is 15.2 Å². The highest BCUT2D eigenvalue weighted by atomic mass is 32.2. The van der Waals surface area contributed by atoms with Crippen molar-refractivity contribution in [3.63, 3.8) is 0 Å². The van der Waals surface area contributed by atoms with Crippen LogP contribution >= 0.6 is 0 Å². The molecule has 0 saturated carbocycles. The number of pyridine rings is 1. The lowest BCUT2D eigenvalue weighted by atomic mass is 10.1. The lowest BCUT2D eigenvalue weighted by Crippen LogP contribution is -2.44. The molecule has 0 aliphatic carbocycles. The number of hydrogen-bond acceptors (Lipinski definition) is 10. The number of nitrogen functional groups attached to an aromatic ring is 1. The van der Waals surface area contributed by atoms with E-state index >= 15 is 0 Å². The van der Waals surface area contributed by atoms with Gasteiger partial charge in [-0.15, -0.1) is 0 Å². The zero-order chi connectivity index (χ0) is 23.5. The molecule has 0 aromatic carbocycles. The predicted octanol–water partition coefficient (Wildman–Crippen LogP) is 2.38. The maximum Gasteiger partial charge on any atom is 0.410 e. The number of nitrogens with one attached hydrogen (secondary N) is 1. The highest BCUT2D eigenvalue weighted by Gasteiger charge is 2.28. The Hall–Kier alpha value is -3.15. The van der Waals surface area contributed by atoms with Gasteiger partial charge in [0.1, 0.15) is 23.7 Å². The second kappa shape index (κ2) is 9.15. The molecule has 3 N–H and O–H groups in total. The number of amides is 1. The molecule has 0 unspecified atom stereocenters. The van der Waals surface area contributed by atoms with Crippen molar-refractivity contribution in [1.29, 1.82) is 0 Å². The fraction of sp³-hybridized carbons (Fsp3) is 0.500. The number of aromatic nitrogens is 3. The summed E-state index contributed by atoms with van der Waals surface area (Å²) in [6.07, 6.45) is 4.53. The van der Waals surface area contributed by atoms with Crippen molar-refractivity contribution in [1.82, 2.24) is 19.9 Å². The first kappa shape index (κ1) is 23.5. The van der Waals surface area contributed by atoms with Crippen LogP contribution in [-0.4, -0.2) is 65.4 Å². The first-order valence-electron chi connectivity index (χ1n) is 10.1. The van der Waals surface area contributed by atoms with E-state index in [-0.39, 0.29) is 28.8 Å². The van der Waals surface area contributed by atoms with Crippen LogP contribution in [0.3, 0.4) is 0 Å². The van der Waals surface area contributed by atoms with Crippen LogP contribution < -0.4 is 15.8 Å². The minimum absolute atomic E-state index is 0.0274. The van der Waals surface area contributed by atoms with Crippen molar-refractivity contribution in [2.24, 2.45) is 0 Å². The highest BCUT2D eigenvalue weighted by Crippen LogP contribution is 2.29. The van der Waals surface area contributed by atoms with Crippen LogP contribution in [0.1, 0.15) is 33.6 Å². The monoisotopic (exact) mass is 464 g/mol. The van der Waals surface area contributed by atoms with E-state index in [0.29, 0.717) is 37.4 Å². The van der Waals surface area contributed by atoms with E-state index in [2.05, 4.69) is 20.3 Å². The summed E-state index contributed by atoms with van der Waals surface area (Å²) in [7, 11) is -3.38. The van der Waals surface area contributed by atoms with Gasteiger partial charge < -0.3 is 25.4 Å². The summed E-state index contributed by atoms with van der Waals surface area (Å²) in [5, 5.41) is 2.96. The molecule has 2 aromatic heterocycles. The minimum Gasteiger partial charge on any atom is -0.473 e. The van der Waals surface area contributed by atoms with Crippen LogP contribution in [0.5, 0.6) is 5.88 Å². The molecule has 174 valence electrons. The lowest BCUT2D eigenvalue weighted by Gasteiger charge is -2.33. The van der Waals surface area contributed by atoms with E-state index < -0.39 is 15.4 Å². The second-order valence-electron chi connectivity index (χ2n) is 8.51. The van der Waals surface area contributed by atoms with Crippen molar-refractivity contribution in [2.75, 3.05) is 30.4 Å². The number of piperidine rings is 1. The molecular formula is C20H28N6O5S. The maximum atomic E-state index is 12.2. The van der Waals surface area contributed by atoms with E-state index in [9.17, 15) is 13.2 Å². The van der Waals surface area contributed by atoms with Crippen LogP contribution in [0.4, 0.5) is 22.0 Å². The van der Waals surface area contributed by atoms with Crippen LogP contribution in [0.15, 0.2) is 29.7 Å². The summed E-state index contributed by atoms with van der Waals surface area (Å²) in [4.78, 5) is 26.0. The summed E-state index contributed by atoms with van der Waals surface area (Å²) < 4.78 is 34.5. The third-order valence-electron chi connectivity index (χ3n) is 4.60. The maximum absolute atomic E-state index is 12.2. The number of carbonyl (C=O) groups excluding carboxylic acids is 1. The molecule has 1 fully saturated rings. The molecule has 1 aliphatic heterocycles. The number of nitrogens with two attached hydrogens (primary N) is 1. The Morgan fingerprint density at radius 3 is 2.44 bits per heavy atom. The molecule has 1 amide bonds. The zero-order valence-corrected chi connectivity index (χ0v) is 19.3. The van der Waals surface area contributed by atoms with Crippen molar-refractivity contribution < 1.29 is 22.7 Å². The Kier molecular flexibility index (Phi) is 6.72. The van der Waals surface area contributed by atoms with Crippen molar-refractivity contribution in [2.45, 2.75) is 50.3 Å². The third-order valence-corrected chi connectivity index (χ3v) is 5.60. The van der Waals surface area contributed by atoms with Gasteiger partial charge in [-0.25, -0.2) is 23.2 Å². The number of ether oxygens (including phenoxy) is 2. The summed E-state index contributed by atoms with van der Waals surface area (Å²) in [6.45, 7) is 6.52.